The Morgan fingerprint density at radius 3 is 2.89 bits per heavy atom. The Labute approximate surface area is 112 Å². The number of esters is 1. The van der Waals surface area contributed by atoms with Crippen LogP contribution >= 0.6 is 0 Å². The second kappa shape index (κ2) is 6.18. The van der Waals surface area contributed by atoms with Gasteiger partial charge in [0.1, 0.15) is 5.82 Å². The Morgan fingerprint density at radius 1 is 1.37 bits per heavy atom. The van der Waals surface area contributed by atoms with Gasteiger partial charge < -0.3 is 9.72 Å². The number of unbranched alkanes of at least 4 members (excludes halogenated alkanes) is 1. The minimum Gasteiger partial charge on any atom is -0.465 e. The van der Waals surface area contributed by atoms with Gasteiger partial charge in [-0.1, -0.05) is 31.5 Å². The topological polar surface area (TPSA) is 55.0 Å². The zero-order valence-corrected chi connectivity index (χ0v) is 11.3. The Hall–Kier alpha value is -2.10. The molecule has 0 fully saturated rings. The van der Waals surface area contributed by atoms with E-state index in [4.69, 9.17) is 4.74 Å². The van der Waals surface area contributed by atoms with E-state index < -0.39 is 0 Å². The molecule has 0 aliphatic carbocycles. The number of methoxy groups -OCH3 is 1. The van der Waals surface area contributed by atoms with Crippen molar-refractivity contribution in [3.8, 4) is 11.3 Å². The fourth-order valence-electron chi connectivity index (χ4n) is 1.98. The predicted molar refractivity (Wildman–Crippen MR) is 74.0 cm³/mol. The smallest absolute Gasteiger partial charge is 0.338 e. The van der Waals surface area contributed by atoms with Gasteiger partial charge in [-0.05, 0) is 12.5 Å². The van der Waals surface area contributed by atoms with Crippen LogP contribution in [0.25, 0.3) is 11.3 Å². The monoisotopic (exact) mass is 258 g/mol. The van der Waals surface area contributed by atoms with Crippen LogP contribution in [0, 0.1) is 0 Å². The van der Waals surface area contributed by atoms with Crippen LogP contribution in [0.1, 0.15) is 35.9 Å². The van der Waals surface area contributed by atoms with Crippen molar-refractivity contribution in [1.29, 1.82) is 0 Å². The first-order valence-electron chi connectivity index (χ1n) is 6.47. The van der Waals surface area contributed by atoms with E-state index in [1.54, 1.807) is 12.3 Å². The highest BCUT2D eigenvalue weighted by Gasteiger charge is 2.14. The van der Waals surface area contributed by atoms with Crippen molar-refractivity contribution in [1.82, 2.24) is 9.97 Å². The molecule has 0 saturated heterocycles. The van der Waals surface area contributed by atoms with Crippen molar-refractivity contribution >= 4 is 5.97 Å². The zero-order valence-electron chi connectivity index (χ0n) is 11.3. The normalized spacial score (nSPS) is 10.4. The predicted octanol–water partition coefficient (Wildman–Crippen LogP) is 3.21. The molecule has 0 aliphatic rings. The molecule has 100 valence electrons. The van der Waals surface area contributed by atoms with Crippen LogP contribution in [0.2, 0.25) is 0 Å². The summed E-state index contributed by atoms with van der Waals surface area (Å²) in [5, 5.41) is 0. The molecule has 2 aromatic rings. The highest BCUT2D eigenvalue weighted by molar-refractivity contribution is 5.96. The molecule has 1 aromatic heterocycles. The first kappa shape index (κ1) is 13.3. The van der Waals surface area contributed by atoms with Gasteiger partial charge in [0, 0.05) is 12.0 Å². The van der Waals surface area contributed by atoms with Gasteiger partial charge in [-0.3, -0.25) is 0 Å². The molecule has 0 spiro atoms. The third-order valence-corrected chi connectivity index (χ3v) is 3.02. The average Bonchev–Trinajstić information content (AvgIpc) is 2.93. The summed E-state index contributed by atoms with van der Waals surface area (Å²) in [5.41, 5.74) is 2.23. The number of carbonyl (C=O) groups excluding carboxylic acids is 1. The van der Waals surface area contributed by atoms with Crippen LogP contribution in [0.4, 0.5) is 0 Å². The van der Waals surface area contributed by atoms with Crippen LogP contribution in [-0.4, -0.2) is 23.0 Å². The second-order valence-electron chi connectivity index (χ2n) is 4.38. The number of aromatic amines is 1. The fourth-order valence-corrected chi connectivity index (χ4v) is 1.98. The largest absolute Gasteiger partial charge is 0.465 e. The summed E-state index contributed by atoms with van der Waals surface area (Å²) in [4.78, 5) is 19.3. The van der Waals surface area contributed by atoms with Crippen molar-refractivity contribution in [2.24, 2.45) is 0 Å². The van der Waals surface area contributed by atoms with Crippen molar-refractivity contribution in [2.45, 2.75) is 26.2 Å². The summed E-state index contributed by atoms with van der Waals surface area (Å²) in [7, 11) is 1.39. The Morgan fingerprint density at radius 2 is 2.16 bits per heavy atom. The number of nitrogens with one attached hydrogen (secondary N) is 1. The van der Waals surface area contributed by atoms with Gasteiger partial charge in [-0.2, -0.15) is 0 Å². The van der Waals surface area contributed by atoms with Crippen LogP contribution in [0.3, 0.4) is 0 Å². The number of benzene rings is 1. The van der Waals surface area contributed by atoms with E-state index in [-0.39, 0.29) is 5.97 Å². The van der Waals surface area contributed by atoms with Crippen LogP contribution in [0.5, 0.6) is 0 Å². The number of rotatable bonds is 5. The number of aryl methyl sites for hydroxylation is 1. The molecule has 0 atom stereocenters. The molecule has 0 saturated carbocycles. The lowest BCUT2D eigenvalue weighted by atomic mass is 10.1. The summed E-state index contributed by atoms with van der Waals surface area (Å²) < 4.78 is 4.80. The molecule has 4 heteroatoms. The molecule has 2 rings (SSSR count). The molecule has 19 heavy (non-hydrogen) atoms. The van der Waals surface area contributed by atoms with Gasteiger partial charge in [0.05, 0.1) is 24.6 Å². The van der Waals surface area contributed by atoms with E-state index in [0.717, 1.165) is 36.3 Å². The second-order valence-corrected chi connectivity index (χ2v) is 4.38. The SMILES string of the molecule is CCCCc1ncc(-c2ccccc2C(=O)OC)[nH]1. The zero-order chi connectivity index (χ0) is 13.7. The molecule has 1 N–H and O–H groups in total. The number of hydrogen-bond donors (Lipinski definition) is 1. The maximum Gasteiger partial charge on any atom is 0.338 e. The number of H-pyrrole nitrogens is 1. The summed E-state index contributed by atoms with van der Waals surface area (Å²) in [6.45, 7) is 2.15. The third-order valence-electron chi connectivity index (χ3n) is 3.02. The maximum absolute atomic E-state index is 11.7. The Balaban J connectivity index is 2.31. The quantitative estimate of drug-likeness (QED) is 0.838. The standard InChI is InChI=1S/C15H18N2O2/c1-3-4-9-14-16-10-13(17-14)11-7-5-6-8-12(11)15(18)19-2/h5-8,10H,3-4,9H2,1-2H3,(H,16,17). The first-order valence-corrected chi connectivity index (χ1v) is 6.47. The molecule has 1 aromatic carbocycles. The number of carbonyl (C=O) groups is 1. The summed E-state index contributed by atoms with van der Waals surface area (Å²) >= 11 is 0. The van der Waals surface area contributed by atoms with Crippen molar-refractivity contribution in [3.05, 3.63) is 41.9 Å². The maximum atomic E-state index is 11.7. The van der Waals surface area contributed by atoms with Crippen LogP contribution in [-0.2, 0) is 11.2 Å². The molecule has 0 unspecified atom stereocenters. The minimum absolute atomic E-state index is 0.333. The number of hydrogen-bond acceptors (Lipinski definition) is 3. The Kier molecular flexibility index (Phi) is 4.34. The molecule has 0 bridgehead atoms. The van der Waals surface area contributed by atoms with Crippen molar-refractivity contribution in [2.75, 3.05) is 7.11 Å². The van der Waals surface area contributed by atoms with E-state index in [0.29, 0.717) is 5.56 Å². The van der Waals surface area contributed by atoms with Crippen molar-refractivity contribution in [3.63, 3.8) is 0 Å². The lowest BCUT2D eigenvalue weighted by Gasteiger charge is -2.05. The highest BCUT2D eigenvalue weighted by atomic mass is 16.5. The average molecular weight is 258 g/mol. The molecule has 0 amide bonds. The number of nitrogens with zero attached hydrogens (tertiary/aromatic N) is 1. The van der Waals surface area contributed by atoms with Crippen LogP contribution < -0.4 is 0 Å². The lowest BCUT2D eigenvalue weighted by Crippen LogP contribution is -2.03. The molecular weight excluding hydrogens is 240 g/mol. The summed E-state index contributed by atoms with van der Waals surface area (Å²) in [6.07, 6.45) is 4.93. The lowest BCUT2D eigenvalue weighted by molar-refractivity contribution is 0.0601. The summed E-state index contributed by atoms with van der Waals surface area (Å²) in [6, 6.07) is 7.37. The van der Waals surface area contributed by atoms with Gasteiger partial charge in [-0.15, -0.1) is 0 Å². The number of aromatic nitrogens is 2. The third kappa shape index (κ3) is 3.02. The van der Waals surface area contributed by atoms with E-state index in [9.17, 15) is 4.79 Å². The minimum atomic E-state index is -0.333. The highest BCUT2D eigenvalue weighted by Crippen LogP contribution is 2.22. The van der Waals surface area contributed by atoms with Gasteiger partial charge in [0.2, 0.25) is 0 Å². The van der Waals surface area contributed by atoms with E-state index in [2.05, 4.69) is 16.9 Å². The fraction of sp³-hybridized carbons (Fsp3) is 0.333. The van der Waals surface area contributed by atoms with Gasteiger partial charge >= 0.3 is 5.97 Å². The summed E-state index contributed by atoms with van der Waals surface area (Å²) in [5.74, 6) is 0.622. The molecule has 1 heterocycles. The van der Waals surface area contributed by atoms with Gasteiger partial charge in [0.15, 0.2) is 0 Å². The van der Waals surface area contributed by atoms with E-state index >= 15 is 0 Å². The van der Waals surface area contributed by atoms with Crippen LogP contribution in [0.15, 0.2) is 30.5 Å². The van der Waals surface area contributed by atoms with E-state index in [1.165, 1.54) is 7.11 Å². The number of imidazole rings is 1. The first-order chi connectivity index (χ1) is 9.26. The molecular formula is C15H18N2O2. The Bertz CT molecular complexity index is 561. The molecule has 0 radical (unpaired) electrons. The van der Waals surface area contributed by atoms with Gasteiger partial charge in [-0.25, -0.2) is 9.78 Å². The van der Waals surface area contributed by atoms with Crippen molar-refractivity contribution < 1.29 is 9.53 Å². The molecule has 0 aliphatic heterocycles. The van der Waals surface area contributed by atoms with E-state index in [1.807, 2.05) is 18.2 Å². The van der Waals surface area contributed by atoms with Gasteiger partial charge in [0.25, 0.3) is 0 Å². The molecule has 4 nitrogen and oxygen atoms in total. The number of ether oxygens (including phenoxy) is 1.